The molecule has 1 unspecified atom stereocenters. The van der Waals surface area contributed by atoms with Crippen LogP contribution in [0.25, 0.3) is 0 Å². The van der Waals surface area contributed by atoms with Crippen LogP contribution in [-0.4, -0.2) is 42.8 Å². The van der Waals surface area contributed by atoms with E-state index in [-0.39, 0.29) is 38.0 Å². The summed E-state index contributed by atoms with van der Waals surface area (Å²) in [5.74, 6) is -6.46. The second kappa shape index (κ2) is 6.39. The molecule has 102 valence electrons. The molecule has 0 radical (unpaired) electrons. The second-order valence-corrected chi connectivity index (χ2v) is 3.92. The SMILES string of the molecule is Cl.NCC1CCCN(C(=O)C(F)(F)C(F)F)C1. The van der Waals surface area contributed by atoms with Gasteiger partial charge in [-0.05, 0) is 25.3 Å². The van der Waals surface area contributed by atoms with Crippen molar-refractivity contribution in [3.8, 4) is 0 Å². The summed E-state index contributed by atoms with van der Waals surface area (Å²) >= 11 is 0. The van der Waals surface area contributed by atoms with Crippen LogP contribution in [0.3, 0.4) is 0 Å². The molecule has 0 spiro atoms. The van der Waals surface area contributed by atoms with Crippen LogP contribution in [0, 0.1) is 5.92 Å². The minimum absolute atomic E-state index is 0. The molecule has 1 fully saturated rings. The van der Waals surface area contributed by atoms with E-state index >= 15 is 0 Å². The summed E-state index contributed by atoms with van der Waals surface area (Å²) < 4.78 is 49.5. The van der Waals surface area contributed by atoms with Gasteiger partial charge < -0.3 is 10.6 Å². The summed E-state index contributed by atoms with van der Waals surface area (Å²) in [6, 6.07) is 0. The maximum absolute atomic E-state index is 12.8. The number of carbonyl (C=O) groups excluding carboxylic acids is 1. The van der Waals surface area contributed by atoms with Gasteiger partial charge in [-0.15, -0.1) is 12.4 Å². The highest BCUT2D eigenvalue weighted by atomic mass is 35.5. The lowest BCUT2D eigenvalue weighted by Crippen LogP contribution is -2.51. The first-order chi connectivity index (χ1) is 7.39. The quantitative estimate of drug-likeness (QED) is 0.796. The molecular weight excluding hydrogens is 264 g/mol. The van der Waals surface area contributed by atoms with E-state index in [0.29, 0.717) is 6.42 Å². The monoisotopic (exact) mass is 278 g/mol. The minimum atomic E-state index is -4.59. The van der Waals surface area contributed by atoms with Crippen molar-refractivity contribution in [2.24, 2.45) is 11.7 Å². The number of rotatable bonds is 3. The summed E-state index contributed by atoms with van der Waals surface area (Å²) in [6.07, 6.45) is -2.70. The first-order valence-electron chi connectivity index (χ1n) is 5.05. The molecule has 0 aliphatic carbocycles. The number of carbonyl (C=O) groups is 1. The van der Waals surface area contributed by atoms with Crippen molar-refractivity contribution in [1.82, 2.24) is 4.90 Å². The first-order valence-corrected chi connectivity index (χ1v) is 5.05. The number of nitrogens with zero attached hydrogens (tertiary/aromatic N) is 1. The number of alkyl halides is 4. The lowest BCUT2D eigenvalue weighted by molar-refractivity contribution is -0.182. The summed E-state index contributed by atoms with van der Waals surface area (Å²) in [5.41, 5.74) is 5.36. The maximum Gasteiger partial charge on any atom is 0.383 e. The molecule has 17 heavy (non-hydrogen) atoms. The zero-order valence-corrected chi connectivity index (χ0v) is 9.86. The Kier molecular flexibility index (Phi) is 6.18. The van der Waals surface area contributed by atoms with Gasteiger partial charge in [-0.2, -0.15) is 8.78 Å². The third kappa shape index (κ3) is 3.70. The van der Waals surface area contributed by atoms with Crippen LogP contribution in [-0.2, 0) is 4.79 Å². The van der Waals surface area contributed by atoms with Crippen LogP contribution in [0.2, 0.25) is 0 Å². The van der Waals surface area contributed by atoms with E-state index in [4.69, 9.17) is 5.73 Å². The van der Waals surface area contributed by atoms with Gasteiger partial charge in [0.2, 0.25) is 0 Å². The molecule has 0 aromatic heterocycles. The van der Waals surface area contributed by atoms with Gasteiger partial charge in [0.15, 0.2) is 0 Å². The van der Waals surface area contributed by atoms with E-state index in [1.807, 2.05) is 0 Å². The van der Waals surface area contributed by atoms with Crippen LogP contribution in [0.15, 0.2) is 0 Å². The van der Waals surface area contributed by atoms with Crippen molar-refractivity contribution in [1.29, 1.82) is 0 Å². The lowest BCUT2D eigenvalue weighted by atomic mass is 9.98. The number of halogens is 5. The van der Waals surface area contributed by atoms with Crippen molar-refractivity contribution in [3.63, 3.8) is 0 Å². The zero-order chi connectivity index (χ0) is 12.3. The number of hydrogen-bond donors (Lipinski definition) is 1. The van der Waals surface area contributed by atoms with Gasteiger partial charge in [-0.1, -0.05) is 0 Å². The van der Waals surface area contributed by atoms with Gasteiger partial charge in [-0.3, -0.25) is 4.79 Å². The maximum atomic E-state index is 12.8. The number of likely N-dealkylation sites (tertiary alicyclic amines) is 1. The zero-order valence-electron chi connectivity index (χ0n) is 9.04. The van der Waals surface area contributed by atoms with Gasteiger partial charge in [-0.25, -0.2) is 8.78 Å². The smallest absolute Gasteiger partial charge is 0.337 e. The Morgan fingerprint density at radius 1 is 1.47 bits per heavy atom. The largest absolute Gasteiger partial charge is 0.383 e. The molecule has 1 aliphatic rings. The Morgan fingerprint density at radius 2 is 2.06 bits per heavy atom. The van der Waals surface area contributed by atoms with Crippen molar-refractivity contribution in [2.75, 3.05) is 19.6 Å². The number of piperidine rings is 1. The fraction of sp³-hybridized carbons (Fsp3) is 0.889. The number of amides is 1. The van der Waals surface area contributed by atoms with Gasteiger partial charge >= 0.3 is 12.3 Å². The highest BCUT2D eigenvalue weighted by molar-refractivity contribution is 5.85. The Morgan fingerprint density at radius 3 is 2.53 bits per heavy atom. The van der Waals surface area contributed by atoms with Crippen LogP contribution in [0.5, 0.6) is 0 Å². The summed E-state index contributed by atoms with van der Waals surface area (Å²) in [7, 11) is 0. The lowest BCUT2D eigenvalue weighted by Gasteiger charge is -2.34. The van der Waals surface area contributed by atoms with Crippen LogP contribution in [0.4, 0.5) is 17.6 Å². The average Bonchev–Trinajstić information content (AvgIpc) is 2.27. The molecule has 0 aromatic carbocycles. The van der Waals surface area contributed by atoms with E-state index in [0.717, 1.165) is 11.3 Å². The van der Waals surface area contributed by atoms with Gasteiger partial charge in [0.05, 0.1) is 0 Å². The molecule has 1 rings (SSSR count). The summed E-state index contributed by atoms with van der Waals surface area (Å²) in [4.78, 5) is 12.0. The summed E-state index contributed by atoms with van der Waals surface area (Å²) in [5, 5.41) is 0. The molecule has 0 aromatic rings. The van der Waals surface area contributed by atoms with Gasteiger partial charge in [0.1, 0.15) is 0 Å². The average molecular weight is 279 g/mol. The van der Waals surface area contributed by atoms with E-state index in [1.54, 1.807) is 0 Å². The topological polar surface area (TPSA) is 46.3 Å². The Balaban J connectivity index is 0.00000256. The van der Waals surface area contributed by atoms with Crippen LogP contribution in [0.1, 0.15) is 12.8 Å². The standard InChI is InChI=1S/C9H14F4N2O.ClH/c10-7(11)9(12,13)8(16)15-3-1-2-6(4-14)5-15;/h6-7H,1-5,14H2;1H. The predicted octanol–water partition coefficient (Wildman–Crippen LogP) is 1.51. The van der Waals surface area contributed by atoms with Crippen molar-refractivity contribution < 1.29 is 22.4 Å². The fourth-order valence-electron chi connectivity index (χ4n) is 1.75. The molecule has 1 aliphatic heterocycles. The first kappa shape index (κ1) is 16.4. The predicted molar refractivity (Wildman–Crippen MR) is 56.6 cm³/mol. The third-order valence-electron chi connectivity index (χ3n) is 2.70. The third-order valence-corrected chi connectivity index (χ3v) is 2.70. The van der Waals surface area contributed by atoms with Crippen LogP contribution >= 0.6 is 12.4 Å². The van der Waals surface area contributed by atoms with Gasteiger partial charge in [0.25, 0.3) is 5.91 Å². The minimum Gasteiger partial charge on any atom is -0.337 e. The molecule has 2 N–H and O–H groups in total. The molecule has 8 heteroatoms. The van der Waals surface area contributed by atoms with Crippen molar-refractivity contribution in [2.45, 2.75) is 25.2 Å². The normalized spacial score (nSPS) is 21.3. The molecule has 1 heterocycles. The molecule has 0 bridgehead atoms. The van der Waals surface area contributed by atoms with Crippen molar-refractivity contribution in [3.05, 3.63) is 0 Å². The van der Waals surface area contributed by atoms with E-state index in [2.05, 4.69) is 0 Å². The molecule has 1 saturated heterocycles. The Labute approximate surface area is 103 Å². The van der Waals surface area contributed by atoms with E-state index in [1.165, 1.54) is 0 Å². The molecule has 1 amide bonds. The highest BCUT2D eigenvalue weighted by Crippen LogP contribution is 2.27. The second-order valence-electron chi connectivity index (χ2n) is 3.92. The number of hydrogen-bond acceptors (Lipinski definition) is 2. The highest BCUT2D eigenvalue weighted by Gasteiger charge is 2.51. The van der Waals surface area contributed by atoms with Gasteiger partial charge in [0, 0.05) is 13.1 Å². The van der Waals surface area contributed by atoms with Crippen LogP contribution < -0.4 is 5.73 Å². The van der Waals surface area contributed by atoms with E-state index < -0.39 is 18.3 Å². The molecule has 3 nitrogen and oxygen atoms in total. The number of nitrogens with two attached hydrogens (primary N) is 1. The Hall–Kier alpha value is -0.560. The van der Waals surface area contributed by atoms with E-state index in [9.17, 15) is 22.4 Å². The fourth-order valence-corrected chi connectivity index (χ4v) is 1.75. The molecular formula is C9H15ClF4N2O. The molecule has 1 atom stereocenters. The molecule has 0 saturated carbocycles. The van der Waals surface area contributed by atoms with Crippen molar-refractivity contribution >= 4 is 18.3 Å². The Bertz CT molecular complexity index is 265. The summed E-state index contributed by atoms with van der Waals surface area (Å²) in [6.45, 7) is 0.402.